The minimum Gasteiger partial charge on any atom is -0.744 e. The van der Waals surface area contributed by atoms with Gasteiger partial charge in [-0.25, -0.2) is 18.0 Å². The average Bonchev–Trinajstić information content (AvgIpc) is 3.16. The first-order chi connectivity index (χ1) is 26.3. The normalized spacial score (nSPS) is 11.7. The van der Waals surface area contributed by atoms with E-state index < -0.39 is 32.5 Å². The molecule has 0 heterocycles. The van der Waals surface area contributed by atoms with Crippen molar-refractivity contribution in [2.45, 2.75) is 211 Å². The molecule has 1 aromatic carbocycles. The number of ether oxygens (including phenoxy) is 2. The fourth-order valence-corrected chi connectivity index (χ4v) is 7.49. The molecule has 55 heavy (non-hydrogen) atoms. The van der Waals surface area contributed by atoms with E-state index in [1.807, 2.05) is 12.2 Å². The fourth-order valence-electron chi connectivity index (χ4n) is 6.80. The largest absolute Gasteiger partial charge is 1.00 e. The number of hydrogen-bond acceptors (Lipinski definition) is 7. The van der Waals surface area contributed by atoms with E-state index >= 15 is 0 Å². The molecule has 0 unspecified atom stereocenters. The van der Waals surface area contributed by atoms with Crippen LogP contribution < -0.4 is 51.4 Å². The number of rotatable bonds is 37. The van der Waals surface area contributed by atoms with Gasteiger partial charge in [-0.2, -0.15) is 0 Å². The van der Waals surface area contributed by atoms with E-state index in [0.29, 0.717) is 0 Å². The molecule has 0 N–H and O–H groups in total. The Morgan fingerprint density at radius 3 is 1.18 bits per heavy atom. The van der Waals surface area contributed by atoms with Gasteiger partial charge in [0.1, 0.15) is 23.3 Å². The summed E-state index contributed by atoms with van der Waals surface area (Å²) in [7, 11) is -5.04. The van der Waals surface area contributed by atoms with Gasteiger partial charge in [0.05, 0.1) is 16.0 Å². The average molecular weight is 813 g/mol. The smallest absolute Gasteiger partial charge is 0.744 e. The van der Waals surface area contributed by atoms with Gasteiger partial charge in [-0.3, -0.25) is 0 Å². The van der Waals surface area contributed by atoms with Gasteiger partial charge in [-0.1, -0.05) is 211 Å². The third-order valence-electron chi connectivity index (χ3n) is 10.1. The quantitative estimate of drug-likeness (QED) is 0.0216. The molecular formula is C46H77KO7S. The summed E-state index contributed by atoms with van der Waals surface area (Å²) in [6.07, 6.45) is 45.6. The van der Waals surface area contributed by atoms with E-state index in [2.05, 4.69) is 13.8 Å². The van der Waals surface area contributed by atoms with Crippen molar-refractivity contribution < 1.29 is 83.4 Å². The molecule has 7 nitrogen and oxygen atoms in total. The van der Waals surface area contributed by atoms with Crippen molar-refractivity contribution in [2.75, 3.05) is 13.2 Å². The maximum Gasteiger partial charge on any atom is 1.00 e. The number of allylic oxidation sites excluding steroid dienone is 2. The molecule has 0 aliphatic carbocycles. The van der Waals surface area contributed by atoms with E-state index in [-0.39, 0.29) is 70.2 Å². The molecule has 0 spiro atoms. The number of esters is 2. The maximum atomic E-state index is 13.0. The number of benzene rings is 1. The van der Waals surface area contributed by atoms with Crippen molar-refractivity contribution in [2.24, 2.45) is 0 Å². The van der Waals surface area contributed by atoms with Crippen molar-refractivity contribution in [3.05, 3.63) is 53.6 Å². The van der Waals surface area contributed by atoms with Crippen molar-refractivity contribution in [1.82, 2.24) is 0 Å². The molecule has 0 amide bonds. The van der Waals surface area contributed by atoms with Crippen LogP contribution in [0, 0.1) is 0 Å². The number of carbonyl (C=O) groups is 2. The summed E-state index contributed by atoms with van der Waals surface area (Å²) < 4.78 is 46.5. The van der Waals surface area contributed by atoms with Crippen LogP contribution in [0.25, 0.3) is 0 Å². The van der Waals surface area contributed by atoms with Crippen LogP contribution >= 0.6 is 0 Å². The van der Waals surface area contributed by atoms with Crippen molar-refractivity contribution in [1.29, 1.82) is 0 Å². The zero-order valence-corrected chi connectivity index (χ0v) is 39.4. The predicted molar refractivity (Wildman–Crippen MR) is 223 cm³/mol. The first-order valence-corrected chi connectivity index (χ1v) is 23.5. The molecule has 0 aromatic heterocycles. The second-order valence-corrected chi connectivity index (χ2v) is 16.4. The van der Waals surface area contributed by atoms with Gasteiger partial charge in [0.25, 0.3) is 0 Å². The molecule has 0 radical (unpaired) electrons. The van der Waals surface area contributed by atoms with Crippen molar-refractivity contribution >= 4 is 22.1 Å². The molecule has 0 atom stereocenters. The van der Waals surface area contributed by atoms with E-state index in [9.17, 15) is 22.6 Å². The molecule has 0 fully saturated rings. The van der Waals surface area contributed by atoms with Crippen LogP contribution in [0.1, 0.15) is 227 Å². The Hall–Kier alpha value is -0.814. The fraction of sp³-hybridized carbons (Fsp3) is 0.739. The predicted octanol–water partition coefficient (Wildman–Crippen LogP) is 10.8. The summed E-state index contributed by atoms with van der Waals surface area (Å²) in [5.74, 6) is -1.94. The van der Waals surface area contributed by atoms with Crippen molar-refractivity contribution in [3.63, 3.8) is 0 Å². The van der Waals surface area contributed by atoms with Gasteiger partial charge in [0, 0.05) is 0 Å². The molecule has 1 rings (SSSR count). The second kappa shape index (κ2) is 38.7. The van der Waals surface area contributed by atoms with Crippen LogP contribution in [0.4, 0.5) is 0 Å². The summed E-state index contributed by atoms with van der Waals surface area (Å²) in [6, 6.07) is 3.54. The van der Waals surface area contributed by atoms with Crippen LogP contribution in [-0.4, -0.2) is 38.1 Å². The number of hydrogen-bond donors (Lipinski definition) is 0. The Balaban J connectivity index is 0.0000292. The van der Waals surface area contributed by atoms with Gasteiger partial charge in [0.15, 0.2) is 0 Å². The molecule has 9 heteroatoms. The second-order valence-electron chi connectivity index (χ2n) is 15.0. The van der Waals surface area contributed by atoms with Gasteiger partial charge in [0.2, 0.25) is 0 Å². The molecule has 0 aliphatic heterocycles. The van der Waals surface area contributed by atoms with Crippen LogP contribution in [-0.2, 0) is 19.6 Å². The minimum atomic E-state index is -5.04. The van der Waals surface area contributed by atoms with E-state index in [4.69, 9.17) is 9.47 Å². The van der Waals surface area contributed by atoms with Crippen LogP contribution in [0.5, 0.6) is 0 Å². The van der Waals surface area contributed by atoms with Gasteiger partial charge in [-0.05, 0) is 37.8 Å². The Labute approximate surface area is 380 Å². The van der Waals surface area contributed by atoms with Crippen LogP contribution in [0.3, 0.4) is 0 Å². The summed E-state index contributed by atoms with van der Waals surface area (Å²) in [4.78, 5) is 25.1. The molecule has 0 saturated heterocycles. The summed E-state index contributed by atoms with van der Waals surface area (Å²) >= 11 is 0. The minimum absolute atomic E-state index is 0. The zero-order valence-electron chi connectivity index (χ0n) is 35.4. The summed E-state index contributed by atoms with van der Waals surface area (Å²) in [5, 5.41) is 0. The first-order valence-electron chi connectivity index (χ1n) is 22.1. The maximum absolute atomic E-state index is 13.0. The monoisotopic (exact) mass is 813 g/mol. The van der Waals surface area contributed by atoms with E-state index in [1.165, 1.54) is 166 Å². The molecule has 0 bridgehead atoms. The van der Waals surface area contributed by atoms with Gasteiger partial charge in [-0.15, -0.1) is 0 Å². The zero-order chi connectivity index (χ0) is 39.4. The standard InChI is InChI=1S/C46H78O7S.K/c1-3-5-7-9-11-13-15-17-19-21-23-25-27-29-31-33-35-40-52-45(47)42-38-37-39-43(54(49,50)51)44(42)46(48)53-41-36-34-32-30-28-26-24-22-20-18-16-14-12-10-8-6-4-2;/h33-39H,3-32,40-41H2,1-2H3,(H,49,50,51);/q;+1/p-1/b35-33+,36-34+;. The topological polar surface area (TPSA) is 110 Å². The SMILES string of the molecule is CCCCCCCCCCCCCCCC/C=C/COC(=O)c1cccc(S(=O)(=O)[O-])c1C(=O)OC/C=C/CCCCCCCCCCCCCCCC.[K+]. The molecular weight excluding hydrogens is 736 g/mol. The molecule has 1 aromatic rings. The summed E-state index contributed by atoms with van der Waals surface area (Å²) in [5.41, 5.74) is -0.882. The number of carbonyl (C=O) groups excluding carboxylic acids is 2. The summed E-state index contributed by atoms with van der Waals surface area (Å²) in [6.45, 7) is 4.39. The van der Waals surface area contributed by atoms with Gasteiger partial charge < -0.3 is 14.0 Å². The Kier molecular flexibility index (Phi) is 38.1. The van der Waals surface area contributed by atoms with Gasteiger partial charge >= 0.3 is 63.3 Å². The third-order valence-corrected chi connectivity index (χ3v) is 11.0. The Bertz CT molecular complexity index is 1240. The Morgan fingerprint density at radius 1 is 0.509 bits per heavy atom. The van der Waals surface area contributed by atoms with E-state index in [1.54, 1.807) is 12.2 Å². The Morgan fingerprint density at radius 2 is 0.836 bits per heavy atom. The van der Waals surface area contributed by atoms with E-state index in [0.717, 1.165) is 44.6 Å². The number of unbranched alkanes of at least 4 members (excludes halogenated alkanes) is 28. The van der Waals surface area contributed by atoms with Crippen LogP contribution in [0.2, 0.25) is 0 Å². The van der Waals surface area contributed by atoms with Crippen LogP contribution in [0.15, 0.2) is 47.4 Å². The first kappa shape index (κ1) is 54.2. The van der Waals surface area contributed by atoms with Crippen molar-refractivity contribution in [3.8, 4) is 0 Å². The molecule has 0 aliphatic rings. The third kappa shape index (κ3) is 30.9. The molecule has 0 saturated carbocycles. The molecule has 310 valence electrons.